The zero-order chi connectivity index (χ0) is 4.00. The van der Waals surface area contributed by atoms with Crippen LogP contribution in [0.3, 0.4) is 0 Å². The monoisotopic (exact) mass is 144 g/mol. The van der Waals surface area contributed by atoms with E-state index < -0.39 is 0 Å². The molecule has 0 aromatic heterocycles. The molecular formula is C2H9BrO2. The van der Waals surface area contributed by atoms with Gasteiger partial charge in [0.1, 0.15) is 0 Å². The maximum absolute atomic E-state index is 7.00. The second-order valence-electron chi connectivity index (χ2n) is 0. The Labute approximate surface area is 42.2 Å². The van der Waals surface area contributed by atoms with E-state index >= 15 is 0 Å². The summed E-state index contributed by atoms with van der Waals surface area (Å²) in [6.45, 7) is 0. The van der Waals surface area contributed by atoms with Crippen molar-refractivity contribution in [3.63, 3.8) is 0 Å². The van der Waals surface area contributed by atoms with Gasteiger partial charge in [0.15, 0.2) is 0 Å². The average molecular weight is 145 g/mol. The normalized spacial score (nSPS) is 2.40. The molecule has 0 aromatic carbocycles. The molecule has 0 fully saturated rings. The predicted octanol–water partition coefficient (Wildman–Crippen LogP) is -0.205. The van der Waals surface area contributed by atoms with Crippen LogP contribution in [0.4, 0.5) is 0 Å². The smallest absolute Gasteiger partial charge is 0.0319 e. The molecule has 0 bridgehead atoms. The summed E-state index contributed by atoms with van der Waals surface area (Å²) in [6.07, 6.45) is 0. The van der Waals surface area contributed by atoms with Gasteiger partial charge in [0.25, 0.3) is 0 Å². The molecule has 5 heavy (non-hydrogen) atoms. The molecule has 0 aromatic rings. The SMILES string of the molecule is Br.CO.CO. The molecule has 36 valence electrons. The number of hydrogen-bond acceptors (Lipinski definition) is 2. The van der Waals surface area contributed by atoms with E-state index in [0.717, 1.165) is 14.2 Å². The van der Waals surface area contributed by atoms with Crippen molar-refractivity contribution in [2.24, 2.45) is 0 Å². The second kappa shape index (κ2) is 318. The highest BCUT2D eigenvalue weighted by atomic mass is 79.9. The van der Waals surface area contributed by atoms with Crippen LogP contribution in [-0.2, 0) is 0 Å². The number of aliphatic hydroxyl groups is 2. The molecule has 0 spiro atoms. The van der Waals surface area contributed by atoms with Crippen molar-refractivity contribution in [1.82, 2.24) is 0 Å². The van der Waals surface area contributed by atoms with Gasteiger partial charge in [0.05, 0.1) is 0 Å². The number of rotatable bonds is 0. The molecule has 0 radical (unpaired) electrons. The zero-order valence-electron chi connectivity index (χ0n) is 3.30. The van der Waals surface area contributed by atoms with Gasteiger partial charge in [-0.1, -0.05) is 0 Å². The van der Waals surface area contributed by atoms with Gasteiger partial charge in [-0.05, 0) is 0 Å². The van der Waals surface area contributed by atoms with E-state index in [4.69, 9.17) is 10.2 Å². The van der Waals surface area contributed by atoms with E-state index in [2.05, 4.69) is 0 Å². The van der Waals surface area contributed by atoms with E-state index in [1.54, 1.807) is 0 Å². The fourth-order valence-electron chi connectivity index (χ4n) is 0. The minimum Gasteiger partial charge on any atom is -0.400 e. The highest BCUT2D eigenvalue weighted by Gasteiger charge is 0.841. The first-order valence-electron chi connectivity index (χ1n) is 0.894. The van der Waals surface area contributed by atoms with E-state index in [1.807, 2.05) is 0 Å². The summed E-state index contributed by atoms with van der Waals surface area (Å²) < 4.78 is 0. The standard InChI is InChI=1S/2CH4O.BrH/c2*1-2;/h2*2H,1H3;1H. The van der Waals surface area contributed by atoms with Crippen molar-refractivity contribution >= 4 is 17.0 Å². The summed E-state index contributed by atoms with van der Waals surface area (Å²) in [7, 11) is 2.00. The van der Waals surface area contributed by atoms with Crippen LogP contribution in [0.25, 0.3) is 0 Å². The maximum Gasteiger partial charge on any atom is 0.0319 e. The minimum atomic E-state index is 0. The molecule has 0 aliphatic heterocycles. The lowest BCUT2D eigenvalue weighted by atomic mass is 11.8. The van der Waals surface area contributed by atoms with Gasteiger partial charge in [0.2, 0.25) is 0 Å². The molecule has 0 heterocycles. The molecule has 0 unspecified atom stereocenters. The molecule has 0 rings (SSSR count). The summed E-state index contributed by atoms with van der Waals surface area (Å²) in [5.41, 5.74) is 0. The van der Waals surface area contributed by atoms with Gasteiger partial charge in [-0.3, -0.25) is 0 Å². The highest BCUT2D eigenvalue weighted by Crippen LogP contribution is 0.846. The topological polar surface area (TPSA) is 40.5 Å². The van der Waals surface area contributed by atoms with Crippen LogP contribution in [0.1, 0.15) is 0 Å². The summed E-state index contributed by atoms with van der Waals surface area (Å²) in [5.74, 6) is 0. The van der Waals surface area contributed by atoms with Gasteiger partial charge in [-0.25, -0.2) is 0 Å². The number of aliphatic hydroxyl groups excluding tert-OH is 2. The molecule has 0 saturated carbocycles. The molecule has 3 heteroatoms. The molecule has 0 aliphatic rings. The Bertz CT molecular complexity index is 7.61. The van der Waals surface area contributed by atoms with Crippen LogP contribution in [0.2, 0.25) is 0 Å². The van der Waals surface area contributed by atoms with Crippen molar-refractivity contribution in [2.45, 2.75) is 0 Å². The van der Waals surface area contributed by atoms with Crippen LogP contribution in [-0.4, -0.2) is 24.4 Å². The molecule has 0 saturated heterocycles. The summed E-state index contributed by atoms with van der Waals surface area (Å²) in [5, 5.41) is 14.0. The van der Waals surface area contributed by atoms with Crippen LogP contribution in [0, 0.1) is 0 Å². The lowest BCUT2D eigenvalue weighted by Crippen LogP contribution is -1.25. The van der Waals surface area contributed by atoms with Crippen LogP contribution in [0.5, 0.6) is 0 Å². The van der Waals surface area contributed by atoms with E-state index in [0.29, 0.717) is 0 Å². The zero-order valence-corrected chi connectivity index (χ0v) is 5.02. The lowest BCUT2D eigenvalue weighted by molar-refractivity contribution is 0.399. The van der Waals surface area contributed by atoms with Crippen molar-refractivity contribution in [3.8, 4) is 0 Å². The minimum absolute atomic E-state index is 0. The first-order valence-corrected chi connectivity index (χ1v) is 0.894. The van der Waals surface area contributed by atoms with Crippen LogP contribution < -0.4 is 0 Å². The first-order chi connectivity index (χ1) is 2.00. The predicted molar refractivity (Wildman–Crippen MR) is 26.6 cm³/mol. The maximum atomic E-state index is 7.00. The molecule has 0 atom stereocenters. The fourth-order valence-corrected chi connectivity index (χ4v) is 0. The molecule has 2 nitrogen and oxygen atoms in total. The molecule has 0 amide bonds. The Morgan fingerprint density at radius 1 is 0.800 bits per heavy atom. The van der Waals surface area contributed by atoms with Crippen molar-refractivity contribution in [2.75, 3.05) is 14.2 Å². The van der Waals surface area contributed by atoms with Gasteiger partial charge < -0.3 is 10.2 Å². The van der Waals surface area contributed by atoms with Gasteiger partial charge in [-0.15, -0.1) is 17.0 Å². The third kappa shape index (κ3) is 158. The Kier molecular flexibility index (Phi) is 1150. The highest BCUT2D eigenvalue weighted by molar-refractivity contribution is 8.93. The van der Waals surface area contributed by atoms with Gasteiger partial charge >= 0.3 is 0 Å². The van der Waals surface area contributed by atoms with Crippen molar-refractivity contribution < 1.29 is 10.2 Å². The third-order valence-corrected chi connectivity index (χ3v) is 0. The average Bonchev–Trinajstić information content (AvgIpc) is 1.50. The largest absolute Gasteiger partial charge is 0.400 e. The first kappa shape index (κ1) is 18.2. The Balaban J connectivity index is -0.0000000133. The molecule has 2 N–H and O–H groups in total. The molecular weight excluding hydrogens is 136 g/mol. The third-order valence-electron chi connectivity index (χ3n) is 0. The van der Waals surface area contributed by atoms with Crippen molar-refractivity contribution in [3.05, 3.63) is 0 Å². The summed E-state index contributed by atoms with van der Waals surface area (Å²) >= 11 is 0. The van der Waals surface area contributed by atoms with E-state index in [-0.39, 0.29) is 17.0 Å². The Hall–Kier alpha value is 0.400. The quantitative estimate of drug-likeness (QED) is 0.495. The summed E-state index contributed by atoms with van der Waals surface area (Å²) in [4.78, 5) is 0. The number of halogens is 1. The second-order valence-corrected chi connectivity index (χ2v) is 0. The van der Waals surface area contributed by atoms with Gasteiger partial charge in [-0.2, -0.15) is 0 Å². The Morgan fingerprint density at radius 2 is 0.800 bits per heavy atom. The number of hydrogen-bond donors (Lipinski definition) is 2. The van der Waals surface area contributed by atoms with Crippen molar-refractivity contribution in [1.29, 1.82) is 0 Å². The summed E-state index contributed by atoms with van der Waals surface area (Å²) in [6, 6.07) is 0. The lowest BCUT2D eigenvalue weighted by Gasteiger charge is -1.21. The van der Waals surface area contributed by atoms with E-state index in [1.165, 1.54) is 0 Å². The van der Waals surface area contributed by atoms with E-state index in [9.17, 15) is 0 Å². The van der Waals surface area contributed by atoms with Crippen LogP contribution in [0.15, 0.2) is 0 Å². The molecule has 0 aliphatic carbocycles. The van der Waals surface area contributed by atoms with Gasteiger partial charge in [0, 0.05) is 14.2 Å². The Morgan fingerprint density at radius 3 is 0.800 bits per heavy atom. The fraction of sp³-hybridized carbons (Fsp3) is 1.00. The van der Waals surface area contributed by atoms with Crippen LogP contribution >= 0.6 is 17.0 Å².